The van der Waals surface area contributed by atoms with Crippen LogP contribution >= 0.6 is 0 Å². The normalized spacial score (nSPS) is 19.0. The van der Waals surface area contributed by atoms with Gasteiger partial charge in [0.1, 0.15) is 5.54 Å². The molecule has 0 bridgehead atoms. The summed E-state index contributed by atoms with van der Waals surface area (Å²) in [5.74, 6) is -0.527. The summed E-state index contributed by atoms with van der Waals surface area (Å²) in [5.41, 5.74) is 4.39. The molecule has 62 valence electrons. The van der Waals surface area contributed by atoms with Gasteiger partial charge in [-0.15, -0.1) is 0 Å². The Morgan fingerprint density at radius 1 is 1.55 bits per heavy atom. The Morgan fingerprint density at radius 3 is 2.36 bits per heavy atom. The molecule has 3 N–H and O–H groups in total. The molecular weight excluding hydrogens is 144 g/mol. The molecule has 0 aromatic rings. The molecule has 11 heavy (non-hydrogen) atoms. The molecule has 0 heterocycles. The first-order valence-electron chi connectivity index (χ1n) is 3.71. The number of hydrogen-bond donors (Lipinski definition) is 2. The van der Waals surface area contributed by atoms with Crippen LogP contribution in [0.15, 0.2) is 0 Å². The maximum atomic E-state index is 10.9. The minimum absolute atomic E-state index is 0.110. The highest BCUT2D eigenvalue weighted by Gasteiger charge is 2.49. The number of primary amides is 1. The van der Waals surface area contributed by atoms with Gasteiger partial charge in [-0.05, 0) is 12.8 Å². The van der Waals surface area contributed by atoms with Gasteiger partial charge in [0, 0.05) is 6.42 Å². The van der Waals surface area contributed by atoms with E-state index in [9.17, 15) is 9.59 Å². The zero-order valence-electron chi connectivity index (χ0n) is 6.52. The first-order chi connectivity index (χ1) is 5.10. The molecule has 0 atom stereocenters. The highest BCUT2D eigenvalue weighted by Crippen LogP contribution is 2.34. The van der Waals surface area contributed by atoms with Gasteiger partial charge in [-0.25, -0.2) is 0 Å². The Labute approximate surface area is 65.1 Å². The van der Waals surface area contributed by atoms with Crippen molar-refractivity contribution in [1.29, 1.82) is 0 Å². The lowest BCUT2D eigenvalue weighted by Gasteiger charge is -2.11. The van der Waals surface area contributed by atoms with Crippen molar-refractivity contribution in [3.63, 3.8) is 0 Å². The summed E-state index contributed by atoms with van der Waals surface area (Å²) in [5, 5.41) is 2.60. The topological polar surface area (TPSA) is 72.2 Å². The number of carbonyl (C=O) groups excluding carboxylic acids is 2. The Balaban J connectivity index is 2.48. The molecule has 0 unspecified atom stereocenters. The predicted octanol–water partition coefficient (Wildman–Crippen LogP) is -0.470. The van der Waals surface area contributed by atoms with Gasteiger partial charge in [0.05, 0.1) is 0 Å². The summed E-state index contributed by atoms with van der Waals surface area (Å²) in [4.78, 5) is 21.6. The molecular formula is C7H12N2O2. The van der Waals surface area contributed by atoms with E-state index in [1.165, 1.54) is 0 Å². The summed E-state index contributed by atoms with van der Waals surface area (Å²) in [6, 6.07) is 0. The van der Waals surface area contributed by atoms with Gasteiger partial charge >= 0.3 is 0 Å². The summed E-state index contributed by atoms with van der Waals surface area (Å²) in [6.45, 7) is 1.74. The van der Waals surface area contributed by atoms with Gasteiger partial charge in [-0.3, -0.25) is 9.59 Å². The standard InChI is InChI=1S/C7H12N2O2/c1-2-5(10)9-7(3-4-7)6(8)11/h2-4H2,1H3,(H2,8,11)(H,9,10). The van der Waals surface area contributed by atoms with Gasteiger partial charge in [-0.2, -0.15) is 0 Å². The lowest BCUT2D eigenvalue weighted by atomic mass is 10.2. The summed E-state index contributed by atoms with van der Waals surface area (Å²) < 4.78 is 0. The SMILES string of the molecule is CCC(=O)NC1(C(N)=O)CC1. The minimum Gasteiger partial charge on any atom is -0.368 e. The lowest BCUT2D eigenvalue weighted by Crippen LogP contribution is -2.46. The third-order valence-electron chi connectivity index (χ3n) is 1.92. The van der Waals surface area contributed by atoms with Crippen LogP contribution in [-0.4, -0.2) is 17.4 Å². The number of rotatable bonds is 3. The quantitative estimate of drug-likeness (QED) is 0.579. The van der Waals surface area contributed by atoms with Crippen molar-refractivity contribution in [3.8, 4) is 0 Å². The molecule has 4 heteroatoms. The van der Waals surface area contributed by atoms with Crippen molar-refractivity contribution in [1.82, 2.24) is 5.32 Å². The summed E-state index contributed by atoms with van der Waals surface area (Å²) in [7, 11) is 0. The zero-order chi connectivity index (χ0) is 8.48. The Bertz CT molecular complexity index is 197. The first-order valence-corrected chi connectivity index (χ1v) is 3.71. The fraction of sp³-hybridized carbons (Fsp3) is 0.714. The number of nitrogens with one attached hydrogen (secondary N) is 1. The largest absolute Gasteiger partial charge is 0.368 e. The van der Waals surface area contributed by atoms with Gasteiger partial charge in [0.15, 0.2) is 0 Å². The van der Waals surface area contributed by atoms with Crippen molar-refractivity contribution in [3.05, 3.63) is 0 Å². The number of hydrogen-bond acceptors (Lipinski definition) is 2. The maximum absolute atomic E-state index is 10.9. The lowest BCUT2D eigenvalue weighted by molar-refractivity contribution is -0.128. The van der Waals surface area contributed by atoms with Crippen molar-refractivity contribution >= 4 is 11.8 Å². The predicted molar refractivity (Wildman–Crippen MR) is 39.6 cm³/mol. The maximum Gasteiger partial charge on any atom is 0.243 e. The van der Waals surface area contributed by atoms with Gasteiger partial charge < -0.3 is 11.1 Å². The summed E-state index contributed by atoms with van der Waals surface area (Å²) in [6.07, 6.45) is 1.77. The second-order valence-electron chi connectivity index (χ2n) is 2.85. The Hall–Kier alpha value is -1.06. The van der Waals surface area contributed by atoms with Gasteiger partial charge in [0.2, 0.25) is 11.8 Å². The molecule has 1 aliphatic carbocycles. The average molecular weight is 156 g/mol. The van der Waals surface area contributed by atoms with E-state index in [-0.39, 0.29) is 5.91 Å². The fourth-order valence-corrected chi connectivity index (χ4v) is 0.913. The van der Waals surface area contributed by atoms with Crippen LogP contribution in [0.1, 0.15) is 26.2 Å². The third-order valence-corrected chi connectivity index (χ3v) is 1.92. The van der Waals surface area contributed by atoms with E-state index in [1.807, 2.05) is 0 Å². The van der Waals surface area contributed by atoms with Crippen LogP contribution in [0.25, 0.3) is 0 Å². The smallest absolute Gasteiger partial charge is 0.243 e. The second kappa shape index (κ2) is 2.53. The van der Waals surface area contributed by atoms with Gasteiger partial charge in [-0.1, -0.05) is 6.92 Å². The van der Waals surface area contributed by atoms with Crippen LogP contribution in [0.5, 0.6) is 0 Å². The van der Waals surface area contributed by atoms with Crippen molar-refractivity contribution < 1.29 is 9.59 Å². The summed E-state index contributed by atoms with van der Waals surface area (Å²) >= 11 is 0. The molecule has 0 radical (unpaired) electrons. The molecule has 0 aromatic carbocycles. The molecule has 0 spiro atoms. The van der Waals surface area contributed by atoms with Crippen molar-refractivity contribution in [2.45, 2.75) is 31.7 Å². The zero-order valence-corrected chi connectivity index (χ0v) is 6.52. The second-order valence-corrected chi connectivity index (χ2v) is 2.85. The molecule has 1 saturated carbocycles. The monoisotopic (exact) mass is 156 g/mol. The highest BCUT2D eigenvalue weighted by molar-refractivity contribution is 5.92. The molecule has 2 amide bonds. The number of amides is 2. The molecule has 0 saturated heterocycles. The fourth-order valence-electron chi connectivity index (χ4n) is 0.913. The molecule has 1 rings (SSSR count). The van der Waals surface area contributed by atoms with Crippen molar-refractivity contribution in [2.75, 3.05) is 0 Å². The Kier molecular flexibility index (Phi) is 1.85. The highest BCUT2D eigenvalue weighted by atomic mass is 16.2. The van der Waals surface area contributed by atoms with E-state index in [0.29, 0.717) is 19.3 Å². The first kappa shape index (κ1) is 8.04. The van der Waals surface area contributed by atoms with Gasteiger partial charge in [0.25, 0.3) is 0 Å². The molecule has 4 nitrogen and oxygen atoms in total. The van der Waals surface area contributed by atoms with E-state index in [2.05, 4.69) is 5.32 Å². The van der Waals surface area contributed by atoms with E-state index < -0.39 is 11.4 Å². The third kappa shape index (κ3) is 1.50. The van der Waals surface area contributed by atoms with E-state index in [0.717, 1.165) is 0 Å². The molecule has 1 fully saturated rings. The van der Waals surface area contributed by atoms with Crippen molar-refractivity contribution in [2.24, 2.45) is 5.73 Å². The number of carbonyl (C=O) groups is 2. The van der Waals surface area contributed by atoms with Crippen LogP contribution in [0.3, 0.4) is 0 Å². The molecule has 0 aromatic heterocycles. The van der Waals surface area contributed by atoms with E-state index in [4.69, 9.17) is 5.73 Å². The van der Waals surface area contributed by atoms with Crippen LogP contribution in [-0.2, 0) is 9.59 Å². The number of nitrogens with two attached hydrogens (primary N) is 1. The van der Waals surface area contributed by atoms with Crippen LogP contribution < -0.4 is 11.1 Å². The van der Waals surface area contributed by atoms with Crippen LogP contribution in [0.2, 0.25) is 0 Å². The van der Waals surface area contributed by atoms with E-state index >= 15 is 0 Å². The van der Waals surface area contributed by atoms with E-state index in [1.54, 1.807) is 6.92 Å². The Morgan fingerprint density at radius 2 is 2.09 bits per heavy atom. The van der Waals surface area contributed by atoms with Crippen LogP contribution in [0, 0.1) is 0 Å². The minimum atomic E-state index is -0.687. The molecule has 0 aliphatic heterocycles. The average Bonchev–Trinajstić information content (AvgIpc) is 2.69. The molecule has 1 aliphatic rings. The van der Waals surface area contributed by atoms with Crippen LogP contribution in [0.4, 0.5) is 0 Å².